The fraction of sp³-hybridized carbons (Fsp3) is 0.909. The number of carbonyl (C=O) groups is 1. The molecule has 4 heteroatoms. The quantitative estimate of drug-likeness (QED) is 0.710. The predicted octanol–water partition coefficient (Wildman–Crippen LogP) is 1.96. The predicted molar refractivity (Wildman–Crippen MR) is 67.5 cm³/mol. The summed E-state index contributed by atoms with van der Waals surface area (Å²) in [6.45, 7) is 6.95. The van der Waals surface area contributed by atoms with Gasteiger partial charge in [0.05, 0.1) is 0 Å². The van der Waals surface area contributed by atoms with Gasteiger partial charge >= 0.3 is 0 Å². The number of halogens is 1. The van der Waals surface area contributed by atoms with E-state index >= 15 is 0 Å². The molecule has 92 valence electrons. The molecule has 2 atom stereocenters. The van der Waals surface area contributed by atoms with Gasteiger partial charge in [0.25, 0.3) is 0 Å². The number of nitrogens with one attached hydrogen (secondary N) is 2. The second-order valence-corrected chi connectivity index (χ2v) is 3.86. The first-order valence-corrected chi connectivity index (χ1v) is 5.60. The molecule has 0 rings (SSSR count). The Balaban J connectivity index is 0. The van der Waals surface area contributed by atoms with Crippen molar-refractivity contribution < 1.29 is 4.79 Å². The zero-order chi connectivity index (χ0) is 11.0. The summed E-state index contributed by atoms with van der Waals surface area (Å²) in [7, 11) is 1.87. The van der Waals surface area contributed by atoms with Crippen LogP contribution in [0.3, 0.4) is 0 Å². The Kier molecular flexibility index (Phi) is 11.7. The van der Waals surface area contributed by atoms with E-state index in [1.54, 1.807) is 0 Å². The van der Waals surface area contributed by atoms with Crippen LogP contribution in [0, 0.1) is 5.92 Å². The number of rotatable bonds is 7. The maximum Gasteiger partial charge on any atom is 0.224 e. The Bertz CT molecular complexity index is 165. The molecule has 3 nitrogen and oxygen atoms in total. The summed E-state index contributed by atoms with van der Waals surface area (Å²) in [4.78, 5) is 11.6. The standard InChI is InChI=1S/C11H24N2O.ClH/c1-5-7-10(6-2)13-11(14)9(3)8-12-4;/h9-10,12H,5-8H2,1-4H3,(H,13,14);1H. The second-order valence-electron chi connectivity index (χ2n) is 3.86. The minimum absolute atomic E-state index is 0. The molecule has 0 saturated carbocycles. The fourth-order valence-corrected chi connectivity index (χ4v) is 1.47. The lowest BCUT2D eigenvalue weighted by molar-refractivity contribution is -0.125. The molecular weight excluding hydrogens is 212 g/mol. The van der Waals surface area contributed by atoms with Crippen molar-refractivity contribution in [2.75, 3.05) is 13.6 Å². The third kappa shape index (κ3) is 7.63. The average molecular weight is 237 g/mol. The summed E-state index contributed by atoms with van der Waals surface area (Å²) in [5.74, 6) is 0.227. The third-order valence-electron chi connectivity index (χ3n) is 2.43. The van der Waals surface area contributed by atoms with Crippen LogP contribution in [0.25, 0.3) is 0 Å². The first-order chi connectivity index (χ1) is 6.65. The summed E-state index contributed by atoms with van der Waals surface area (Å²) in [5.41, 5.74) is 0. The summed E-state index contributed by atoms with van der Waals surface area (Å²) < 4.78 is 0. The third-order valence-corrected chi connectivity index (χ3v) is 2.43. The Morgan fingerprint density at radius 2 is 1.93 bits per heavy atom. The molecule has 0 aliphatic carbocycles. The summed E-state index contributed by atoms with van der Waals surface area (Å²) in [6, 6.07) is 0.354. The highest BCUT2D eigenvalue weighted by Gasteiger charge is 2.14. The zero-order valence-electron chi connectivity index (χ0n) is 10.3. The highest BCUT2D eigenvalue weighted by atomic mass is 35.5. The monoisotopic (exact) mass is 236 g/mol. The molecule has 0 saturated heterocycles. The topological polar surface area (TPSA) is 41.1 Å². The molecule has 2 N–H and O–H groups in total. The van der Waals surface area contributed by atoms with Gasteiger partial charge in [-0.3, -0.25) is 4.79 Å². The molecule has 0 aliphatic heterocycles. The Hall–Kier alpha value is -0.280. The van der Waals surface area contributed by atoms with Crippen LogP contribution in [-0.4, -0.2) is 25.5 Å². The summed E-state index contributed by atoms with van der Waals surface area (Å²) in [6.07, 6.45) is 3.22. The number of amides is 1. The van der Waals surface area contributed by atoms with Crippen LogP contribution in [0.5, 0.6) is 0 Å². The molecule has 0 radical (unpaired) electrons. The maximum atomic E-state index is 11.6. The number of hydrogen-bond acceptors (Lipinski definition) is 2. The van der Waals surface area contributed by atoms with E-state index in [1.807, 2.05) is 14.0 Å². The highest BCUT2D eigenvalue weighted by Crippen LogP contribution is 2.02. The van der Waals surface area contributed by atoms with E-state index in [2.05, 4.69) is 24.5 Å². The minimum Gasteiger partial charge on any atom is -0.353 e. The smallest absolute Gasteiger partial charge is 0.224 e. The van der Waals surface area contributed by atoms with Gasteiger partial charge in [-0.2, -0.15) is 0 Å². The van der Waals surface area contributed by atoms with Gasteiger partial charge in [-0.15, -0.1) is 12.4 Å². The largest absolute Gasteiger partial charge is 0.353 e. The van der Waals surface area contributed by atoms with Crippen LogP contribution in [0.2, 0.25) is 0 Å². The van der Waals surface area contributed by atoms with Crippen molar-refractivity contribution >= 4 is 18.3 Å². The van der Waals surface area contributed by atoms with Crippen LogP contribution in [-0.2, 0) is 4.79 Å². The summed E-state index contributed by atoms with van der Waals surface area (Å²) in [5, 5.41) is 6.08. The van der Waals surface area contributed by atoms with Crippen LogP contribution in [0.4, 0.5) is 0 Å². The lowest BCUT2D eigenvalue weighted by atomic mass is 10.1. The van der Waals surface area contributed by atoms with Crippen molar-refractivity contribution in [2.24, 2.45) is 5.92 Å². The van der Waals surface area contributed by atoms with Gasteiger partial charge in [0.15, 0.2) is 0 Å². The normalized spacial score (nSPS) is 13.9. The van der Waals surface area contributed by atoms with Gasteiger partial charge in [-0.25, -0.2) is 0 Å². The molecule has 15 heavy (non-hydrogen) atoms. The Morgan fingerprint density at radius 1 is 1.33 bits per heavy atom. The SMILES string of the molecule is CCCC(CC)NC(=O)C(C)CNC.Cl. The van der Waals surface area contributed by atoms with E-state index in [0.29, 0.717) is 6.04 Å². The Labute approximate surface area is 99.8 Å². The van der Waals surface area contributed by atoms with Crippen molar-refractivity contribution in [3.63, 3.8) is 0 Å². The van der Waals surface area contributed by atoms with Crippen LogP contribution in [0.1, 0.15) is 40.0 Å². The second kappa shape index (κ2) is 10.2. The molecule has 0 aromatic rings. The van der Waals surface area contributed by atoms with Crippen molar-refractivity contribution in [1.29, 1.82) is 0 Å². The van der Waals surface area contributed by atoms with Gasteiger partial charge in [-0.05, 0) is 19.9 Å². The lowest BCUT2D eigenvalue weighted by Crippen LogP contribution is -2.40. The highest BCUT2D eigenvalue weighted by molar-refractivity contribution is 5.85. The Morgan fingerprint density at radius 3 is 2.33 bits per heavy atom. The van der Waals surface area contributed by atoms with Gasteiger partial charge in [-0.1, -0.05) is 27.2 Å². The van der Waals surface area contributed by atoms with E-state index in [-0.39, 0.29) is 24.2 Å². The van der Waals surface area contributed by atoms with Gasteiger partial charge in [0.2, 0.25) is 5.91 Å². The zero-order valence-corrected chi connectivity index (χ0v) is 11.1. The van der Waals surface area contributed by atoms with E-state index in [1.165, 1.54) is 0 Å². The average Bonchev–Trinajstić information content (AvgIpc) is 2.17. The van der Waals surface area contributed by atoms with Crippen LogP contribution >= 0.6 is 12.4 Å². The van der Waals surface area contributed by atoms with Gasteiger partial charge < -0.3 is 10.6 Å². The first-order valence-electron chi connectivity index (χ1n) is 5.60. The molecule has 1 amide bonds. The minimum atomic E-state index is 0. The molecular formula is C11H25ClN2O. The molecule has 0 bridgehead atoms. The molecule has 0 aromatic carbocycles. The van der Waals surface area contributed by atoms with E-state index < -0.39 is 0 Å². The van der Waals surface area contributed by atoms with Crippen molar-refractivity contribution in [2.45, 2.75) is 46.1 Å². The molecule has 2 unspecified atom stereocenters. The molecule has 0 fully saturated rings. The van der Waals surface area contributed by atoms with Gasteiger partial charge in [0.1, 0.15) is 0 Å². The molecule has 0 heterocycles. The van der Waals surface area contributed by atoms with Crippen molar-refractivity contribution in [3.05, 3.63) is 0 Å². The van der Waals surface area contributed by atoms with E-state index in [9.17, 15) is 4.79 Å². The van der Waals surface area contributed by atoms with E-state index in [0.717, 1.165) is 25.8 Å². The first kappa shape index (κ1) is 17.1. The molecule has 0 aromatic heterocycles. The number of hydrogen-bond donors (Lipinski definition) is 2. The van der Waals surface area contributed by atoms with Crippen LogP contribution in [0.15, 0.2) is 0 Å². The molecule has 0 aliphatic rings. The van der Waals surface area contributed by atoms with Crippen LogP contribution < -0.4 is 10.6 Å². The number of carbonyl (C=O) groups excluding carboxylic acids is 1. The van der Waals surface area contributed by atoms with Crippen molar-refractivity contribution in [3.8, 4) is 0 Å². The van der Waals surface area contributed by atoms with Gasteiger partial charge in [0, 0.05) is 18.5 Å². The van der Waals surface area contributed by atoms with Crippen molar-refractivity contribution in [1.82, 2.24) is 10.6 Å². The molecule has 0 spiro atoms. The van der Waals surface area contributed by atoms with E-state index in [4.69, 9.17) is 0 Å². The fourth-order valence-electron chi connectivity index (χ4n) is 1.47. The summed E-state index contributed by atoms with van der Waals surface area (Å²) >= 11 is 0. The maximum absolute atomic E-state index is 11.6. The lowest BCUT2D eigenvalue weighted by Gasteiger charge is -2.19.